The molecule has 0 spiro atoms. The molecule has 0 saturated heterocycles. The number of ether oxygens (including phenoxy) is 1. The number of rotatable bonds is 4. The SMILES string of the molecule is CCOC(C)=Cc1sc2ccc3ccccc3c2[n+]1CC. The average Bonchev–Trinajstić information content (AvgIpc) is 2.84. The second-order valence-electron chi connectivity index (χ2n) is 5.01. The second kappa shape index (κ2) is 5.86. The van der Waals surface area contributed by atoms with Crippen LogP contribution in [0.2, 0.25) is 0 Å². The maximum Gasteiger partial charge on any atom is 0.266 e. The first-order valence-electron chi connectivity index (χ1n) is 7.39. The normalized spacial score (nSPS) is 12.2. The number of nitrogens with zero attached hydrogens (tertiary/aromatic N) is 1. The summed E-state index contributed by atoms with van der Waals surface area (Å²) in [5, 5.41) is 3.86. The largest absolute Gasteiger partial charge is 0.498 e. The van der Waals surface area contributed by atoms with Crippen LogP contribution in [0, 0.1) is 0 Å². The average molecular weight is 298 g/mol. The van der Waals surface area contributed by atoms with Crippen molar-refractivity contribution in [3.8, 4) is 0 Å². The van der Waals surface area contributed by atoms with Crippen LogP contribution in [0.15, 0.2) is 42.2 Å². The molecule has 0 atom stereocenters. The van der Waals surface area contributed by atoms with Gasteiger partial charge in [0.25, 0.3) is 5.01 Å². The number of allylic oxidation sites excluding steroid dienone is 1. The van der Waals surface area contributed by atoms with E-state index in [-0.39, 0.29) is 0 Å². The standard InChI is InChI=1S/C18H20NOS/c1-4-19-17(12-13(3)20-5-2)21-16-11-10-14-8-6-7-9-15(14)18(16)19/h6-12H,4-5H2,1-3H3/q+1. The summed E-state index contributed by atoms with van der Waals surface area (Å²) in [7, 11) is 0. The fourth-order valence-electron chi connectivity index (χ4n) is 2.74. The number of benzene rings is 2. The Morgan fingerprint density at radius 2 is 2.00 bits per heavy atom. The highest BCUT2D eigenvalue weighted by atomic mass is 32.1. The molecule has 3 aromatic rings. The molecule has 1 heterocycles. The van der Waals surface area contributed by atoms with E-state index in [0.29, 0.717) is 6.61 Å². The molecule has 2 nitrogen and oxygen atoms in total. The van der Waals surface area contributed by atoms with Crippen LogP contribution in [0.25, 0.3) is 27.1 Å². The van der Waals surface area contributed by atoms with Crippen LogP contribution >= 0.6 is 11.3 Å². The van der Waals surface area contributed by atoms with Crippen LogP contribution in [0.4, 0.5) is 0 Å². The molecule has 0 N–H and O–H groups in total. The van der Waals surface area contributed by atoms with Gasteiger partial charge in [0.1, 0.15) is 17.0 Å². The maximum atomic E-state index is 5.58. The van der Waals surface area contributed by atoms with Crippen molar-refractivity contribution in [2.24, 2.45) is 0 Å². The maximum absolute atomic E-state index is 5.58. The van der Waals surface area contributed by atoms with Crippen LogP contribution in [0.5, 0.6) is 0 Å². The van der Waals surface area contributed by atoms with E-state index >= 15 is 0 Å². The molecule has 0 unspecified atom stereocenters. The van der Waals surface area contributed by atoms with Crippen molar-refractivity contribution in [3.05, 3.63) is 47.2 Å². The monoisotopic (exact) mass is 298 g/mol. The Bertz CT molecular complexity index is 817. The molecule has 21 heavy (non-hydrogen) atoms. The molecule has 0 aliphatic heterocycles. The molecule has 3 rings (SSSR count). The topological polar surface area (TPSA) is 13.1 Å². The summed E-state index contributed by atoms with van der Waals surface area (Å²) in [4.78, 5) is 0. The van der Waals surface area contributed by atoms with Gasteiger partial charge in [-0.05, 0) is 38.3 Å². The number of fused-ring (bicyclic) bond motifs is 3. The van der Waals surface area contributed by atoms with Crippen LogP contribution in [-0.2, 0) is 11.3 Å². The Morgan fingerprint density at radius 1 is 1.19 bits per heavy atom. The Hall–Kier alpha value is -1.87. The third-order valence-electron chi connectivity index (χ3n) is 3.63. The van der Waals surface area contributed by atoms with Gasteiger partial charge >= 0.3 is 0 Å². The zero-order valence-electron chi connectivity index (χ0n) is 12.7. The number of aromatic nitrogens is 1. The van der Waals surface area contributed by atoms with Crippen molar-refractivity contribution in [1.82, 2.24) is 0 Å². The summed E-state index contributed by atoms with van der Waals surface area (Å²) in [5.41, 5.74) is 1.33. The van der Waals surface area contributed by atoms with E-state index in [0.717, 1.165) is 12.3 Å². The molecule has 0 radical (unpaired) electrons. The van der Waals surface area contributed by atoms with Crippen molar-refractivity contribution in [2.75, 3.05) is 6.61 Å². The Morgan fingerprint density at radius 3 is 2.76 bits per heavy atom. The van der Waals surface area contributed by atoms with Crippen LogP contribution in [-0.4, -0.2) is 6.61 Å². The van der Waals surface area contributed by atoms with Gasteiger partial charge in [0, 0.05) is 0 Å². The van der Waals surface area contributed by atoms with E-state index in [4.69, 9.17) is 4.74 Å². The van der Waals surface area contributed by atoms with E-state index in [1.807, 2.05) is 25.2 Å². The number of hydrogen-bond donors (Lipinski definition) is 0. The lowest BCUT2D eigenvalue weighted by atomic mass is 10.1. The van der Waals surface area contributed by atoms with Gasteiger partial charge in [-0.2, -0.15) is 4.57 Å². The Balaban J connectivity index is 2.28. The third kappa shape index (κ3) is 2.54. The van der Waals surface area contributed by atoms with Gasteiger partial charge in [-0.25, -0.2) is 0 Å². The van der Waals surface area contributed by atoms with Crippen molar-refractivity contribution in [3.63, 3.8) is 0 Å². The van der Waals surface area contributed by atoms with E-state index in [2.05, 4.69) is 54.0 Å². The summed E-state index contributed by atoms with van der Waals surface area (Å²) in [6.07, 6.45) is 2.15. The van der Waals surface area contributed by atoms with E-state index < -0.39 is 0 Å². The number of aryl methyl sites for hydroxylation is 1. The quantitative estimate of drug-likeness (QED) is 0.500. The zero-order chi connectivity index (χ0) is 14.8. The summed E-state index contributed by atoms with van der Waals surface area (Å²) in [5.74, 6) is 0.968. The fourth-order valence-corrected chi connectivity index (χ4v) is 3.97. The predicted molar refractivity (Wildman–Crippen MR) is 90.5 cm³/mol. The van der Waals surface area contributed by atoms with Gasteiger partial charge in [0.15, 0.2) is 0 Å². The summed E-state index contributed by atoms with van der Waals surface area (Å²) in [6.45, 7) is 7.90. The fraction of sp³-hybridized carbons (Fsp3) is 0.278. The lowest BCUT2D eigenvalue weighted by Crippen LogP contribution is -2.33. The van der Waals surface area contributed by atoms with Gasteiger partial charge in [-0.1, -0.05) is 35.6 Å². The highest BCUT2D eigenvalue weighted by molar-refractivity contribution is 7.19. The van der Waals surface area contributed by atoms with Gasteiger partial charge in [0.2, 0.25) is 5.52 Å². The summed E-state index contributed by atoms with van der Waals surface area (Å²) >= 11 is 1.82. The minimum Gasteiger partial charge on any atom is -0.498 e. The molecule has 0 aliphatic carbocycles. The third-order valence-corrected chi connectivity index (χ3v) is 4.73. The summed E-state index contributed by atoms with van der Waals surface area (Å²) in [6, 6.07) is 13.0. The van der Waals surface area contributed by atoms with Gasteiger partial charge in [-0.3, -0.25) is 0 Å². The highest BCUT2D eigenvalue weighted by Crippen LogP contribution is 2.29. The molecule has 1 aromatic heterocycles. The van der Waals surface area contributed by atoms with E-state index in [1.165, 1.54) is 26.0 Å². The van der Waals surface area contributed by atoms with Gasteiger partial charge < -0.3 is 4.74 Å². The molecular weight excluding hydrogens is 278 g/mol. The lowest BCUT2D eigenvalue weighted by molar-refractivity contribution is -0.664. The molecule has 2 aromatic carbocycles. The van der Waals surface area contributed by atoms with Crippen LogP contribution in [0.1, 0.15) is 25.8 Å². The highest BCUT2D eigenvalue weighted by Gasteiger charge is 2.20. The van der Waals surface area contributed by atoms with Crippen molar-refractivity contribution < 1.29 is 9.30 Å². The van der Waals surface area contributed by atoms with Crippen molar-refractivity contribution >= 4 is 38.4 Å². The Kier molecular flexibility index (Phi) is 3.93. The van der Waals surface area contributed by atoms with Crippen molar-refractivity contribution in [1.29, 1.82) is 0 Å². The first-order valence-corrected chi connectivity index (χ1v) is 8.21. The smallest absolute Gasteiger partial charge is 0.266 e. The Labute approximate surface area is 129 Å². The number of hydrogen-bond acceptors (Lipinski definition) is 2. The first-order chi connectivity index (χ1) is 10.2. The predicted octanol–water partition coefficient (Wildman–Crippen LogP) is 4.76. The second-order valence-corrected chi connectivity index (χ2v) is 6.07. The van der Waals surface area contributed by atoms with E-state index in [9.17, 15) is 0 Å². The van der Waals surface area contributed by atoms with Crippen molar-refractivity contribution in [2.45, 2.75) is 27.3 Å². The molecule has 0 amide bonds. The molecule has 0 fully saturated rings. The molecule has 0 saturated carbocycles. The lowest BCUT2D eigenvalue weighted by Gasteiger charge is -2.00. The van der Waals surface area contributed by atoms with Crippen LogP contribution < -0.4 is 4.57 Å². The molecule has 0 aliphatic rings. The zero-order valence-corrected chi connectivity index (χ0v) is 13.5. The van der Waals surface area contributed by atoms with Crippen LogP contribution in [0.3, 0.4) is 0 Å². The molecule has 3 heteroatoms. The minimum atomic E-state index is 0.711. The first kappa shape index (κ1) is 14.1. The minimum absolute atomic E-state index is 0.711. The summed E-state index contributed by atoms with van der Waals surface area (Å²) < 4.78 is 9.29. The van der Waals surface area contributed by atoms with Gasteiger partial charge in [-0.15, -0.1) is 0 Å². The molecule has 108 valence electrons. The number of thiazole rings is 1. The van der Waals surface area contributed by atoms with E-state index in [1.54, 1.807) is 0 Å². The van der Waals surface area contributed by atoms with Gasteiger partial charge in [0.05, 0.1) is 18.1 Å². The molecule has 0 bridgehead atoms. The molecular formula is C18H20NOS+.